The fraction of sp³-hybridized carbons (Fsp3) is 0.556. The zero-order chi connectivity index (χ0) is 20.0. The molecule has 2 heterocycles. The molecule has 9 heteroatoms. The van der Waals surface area contributed by atoms with Crippen LogP contribution in [0, 0.1) is 11.6 Å². The van der Waals surface area contributed by atoms with E-state index in [1.165, 1.54) is 6.07 Å². The molecule has 1 aromatic rings. The van der Waals surface area contributed by atoms with Crippen molar-refractivity contribution < 1.29 is 27.1 Å². The van der Waals surface area contributed by atoms with Crippen LogP contribution in [-0.2, 0) is 11.2 Å². The highest BCUT2D eigenvalue weighted by Gasteiger charge is 2.46. The lowest BCUT2D eigenvalue weighted by Gasteiger charge is -2.39. The van der Waals surface area contributed by atoms with Crippen LogP contribution in [-0.4, -0.2) is 47.5 Å². The molecule has 5 nitrogen and oxygen atoms in total. The molecule has 0 unspecified atom stereocenters. The molecular weight excluding hydrogens is 366 g/mol. The molecule has 0 bridgehead atoms. The van der Waals surface area contributed by atoms with Crippen LogP contribution < -0.4 is 5.32 Å². The van der Waals surface area contributed by atoms with Gasteiger partial charge >= 0.3 is 6.09 Å². The first kappa shape index (κ1) is 19.4. The minimum Gasteiger partial charge on any atom is -0.444 e. The largest absolute Gasteiger partial charge is 0.444 e. The van der Waals surface area contributed by atoms with Gasteiger partial charge in [0, 0.05) is 32.0 Å². The number of fused-ring (bicyclic) bond motifs is 1. The highest BCUT2D eigenvalue weighted by atomic mass is 19.3. The molecule has 0 saturated carbocycles. The van der Waals surface area contributed by atoms with E-state index in [4.69, 9.17) is 4.74 Å². The van der Waals surface area contributed by atoms with Crippen LogP contribution >= 0.6 is 0 Å². The molecule has 1 atom stereocenters. The van der Waals surface area contributed by atoms with E-state index in [1.807, 2.05) is 0 Å². The summed E-state index contributed by atoms with van der Waals surface area (Å²) < 4.78 is 60.8. The summed E-state index contributed by atoms with van der Waals surface area (Å²) in [4.78, 5) is 17.6. The number of alkyl carbamates (subject to hydrolysis) is 1. The van der Waals surface area contributed by atoms with Crippen LogP contribution in [0.4, 0.5) is 28.0 Å². The molecule has 1 N–H and O–H groups in total. The Balaban J connectivity index is 1.73. The third kappa shape index (κ3) is 4.33. The maximum absolute atomic E-state index is 14.3. The topological polar surface area (TPSA) is 53.9 Å². The number of piperidine rings is 1. The van der Waals surface area contributed by atoms with Crippen molar-refractivity contribution in [3.8, 4) is 0 Å². The average molecular weight is 387 g/mol. The van der Waals surface area contributed by atoms with Gasteiger partial charge in [-0.15, -0.1) is 0 Å². The normalized spacial score (nSPS) is 21.5. The number of amidine groups is 1. The smallest absolute Gasteiger partial charge is 0.408 e. The summed E-state index contributed by atoms with van der Waals surface area (Å²) >= 11 is 0. The molecule has 0 aliphatic carbocycles. The van der Waals surface area contributed by atoms with Gasteiger partial charge in [0.05, 0.1) is 0 Å². The van der Waals surface area contributed by atoms with Crippen molar-refractivity contribution >= 4 is 17.6 Å². The van der Waals surface area contributed by atoms with Gasteiger partial charge in [0.1, 0.15) is 29.0 Å². The van der Waals surface area contributed by atoms with Crippen LogP contribution in [0.1, 0.15) is 32.8 Å². The molecule has 2 aliphatic heterocycles. The second kappa shape index (κ2) is 6.69. The maximum atomic E-state index is 14.3. The summed E-state index contributed by atoms with van der Waals surface area (Å²) in [6.07, 6.45) is -1.28. The van der Waals surface area contributed by atoms with Crippen molar-refractivity contribution in [3.05, 3.63) is 29.3 Å². The Bertz CT molecular complexity index is 790. The number of nitrogens with zero attached hydrogens (tertiary/aromatic N) is 2. The van der Waals surface area contributed by atoms with Crippen LogP contribution in [0.3, 0.4) is 0 Å². The number of carbonyl (C=O) groups is 1. The first-order valence-electron chi connectivity index (χ1n) is 8.62. The molecule has 1 fully saturated rings. The molecule has 1 saturated heterocycles. The number of hydrogen-bond donors (Lipinski definition) is 1. The molecule has 0 radical (unpaired) electrons. The lowest BCUT2D eigenvalue weighted by atomic mass is 10.0. The molecule has 1 aromatic carbocycles. The average Bonchev–Trinajstić information content (AvgIpc) is 2.91. The van der Waals surface area contributed by atoms with E-state index in [-0.39, 0.29) is 25.2 Å². The van der Waals surface area contributed by atoms with Gasteiger partial charge in [0.2, 0.25) is 0 Å². The highest BCUT2D eigenvalue weighted by molar-refractivity contribution is 5.92. The number of hydrogen-bond acceptors (Lipinski definition) is 4. The molecule has 0 aromatic heterocycles. The zero-order valence-corrected chi connectivity index (χ0v) is 15.3. The Kier molecular flexibility index (Phi) is 4.81. The molecule has 27 heavy (non-hydrogen) atoms. The summed E-state index contributed by atoms with van der Waals surface area (Å²) in [5.41, 5.74) is -0.413. The van der Waals surface area contributed by atoms with Gasteiger partial charge in [-0.3, -0.25) is 0 Å². The molecule has 0 spiro atoms. The minimum absolute atomic E-state index is 0.00355. The Labute approximate surface area is 154 Å². The van der Waals surface area contributed by atoms with Gasteiger partial charge in [0.25, 0.3) is 5.92 Å². The SMILES string of the molecule is CC(C)(C)OC(=O)N[C@@H]1CN(C2=Nc3c(F)cc(F)cc3C2)CCC1(F)F. The van der Waals surface area contributed by atoms with Crippen molar-refractivity contribution in [2.45, 2.75) is 51.2 Å². The highest BCUT2D eigenvalue weighted by Crippen LogP contribution is 2.34. The zero-order valence-electron chi connectivity index (χ0n) is 15.3. The van der Waals surface area contributed by atoms with Crippen LogP contribution in [0.25, 0.3) is 0 Å². The molecule has 2 aliphatic rings. The van der Waals surface area contributed by atoms with E-state index >= 15 is 0 Å². The van der Waals surface area contributed by atoms with Crippen LogP contribution in [0.2, 0.25) is 0 Å². The second-order valence-corrected chi connectivity index (χ2v) is 7.76. The molecule has 1 amide bonds. The monoisotopic (exact) mass is 387 g/mol. The summed E-state index contributed by atoms with van der Waals surface area (Å²) in [7, 11) is 0. The van der Waals surface area contributed by atoms with Crippen molar-refractivity contribution in [1.29, 1.82) is 0 Å². The van der Waals surface area contributed by atoms with E-state index in [0.717, 1.165) is 6.07 Å². The Morgan fingerprint density at radius 2 is 2.04 bits per heavy atom. The Morgan fingerprint density at radius 3 is 2.70 bits per heavy atom. The van der Waals surface area contributed by atoms with Crippen molar-refractivity contribution in [2.24, 2.45) is 4.99 Å². The van der Waals surface area contributed by atoms with Gasteiger partial charge in [-0.05, 0) is 32.4 Å². The quantitative estimate of drug-likeness (QED) is 0.746. The summed E-state index contributed by atoms with van der Waals surface area (Å²) in [6.45, 7) is 4.70. The third-order valence-corrected chi connectivity index (χ3v) is 4.38. The van der Waals surface area contributed by atoms with Gasteiger partial charge in [-0.1, -0.05) is 0 Å². The van der Waals surface area contributed by atoms with Crippen LogP contribution in [0.5, 0.6) is 0 Å². The predicted octanol–water partition coefficient (Wildman–Crippen LogP) is 3.79. The van der Waals surface area contributed by atoms with E-state index in [1.54, 1.807) is 25.7 Å². The van der Waals surface area contributed by atoms with Gasteiger partial charge in [-0.2, -0.15) is 0 Å². The predicted molar refractivity (Wildman–Crippen MR) is 91.5 cm³/mol. The number of nitrogens with one attached hydrogen (secondary N) is 1. The van der Waals surface area contributed by atoms with Gasteiger partial charge < -0.3 is 15.0 Å². The van der Waals surface area contributed by atoms with Crippen molar-refractivity contribution in [2.75, 3.05) is 13.1 Å². The van der Waals surface area contributed by atoms with E-state index in [2.05, 4.69) is 10.3 Å². The van der Waals surface area contributed by atoms with E-state index < -0.39 is 41.7 Å². The van der Waals surface area contributed by atoms with Crippen molar-refractivity contribution in [1.82, 2.24) is 10.2 Å². The standard InChI is InChI=1S/C18H21F4N3O2/c1-17(2,3)27-16(26)23-13-9-25(5-4-18(13,21)22)14-7-10-6-11(19)8-12(20)15(10)24-14/h6,8,13H,4-5,7,9H2,1-3H3,(H,23,26)/t13-/m1/s1. The molecular formula is C18H21F4N3O2. The van der Waals surface area contributed by atoms with Crippen LogP contribution in [0.15, 0.2) is 17.1 Å². The Hall–Kier alpha value is -2.32. The number of amides is 1. The first-order chi connectivity index (χ1) is 12.4. The number of rotatable bonds is 1. The fourth-order valence-corrected chi connectivity index (χ4v) is 3.14. The number of halogens is 4. The maximum Gasteiger partial charge on any atom is 0.408 e. The number of aliphatic imine (C=N–C) groups is 1. The minimum atomic E-state index is -3.11. The second-order valence-electron chi connectivity index (χ2n) is 7.76. The number of ether oxygens (including phenoxy) is 1. The first-order valence-corrected chi connectivity index (χ1v) is 8.62. The van der Waals surface area contributed by atoms with Gasteiger partial charge in [0.15, 0.2) is 5.82 Å². The van der Waals surface area contributed by atoms with Gasteiger partial charge in [-0.25, -0.2) is 27.3 Å². The van der Waals surface area contributed by atoms with Crippen molar-refractivity contribution in [3.63, 3.8) is 0 Å². The number of alkyl halides is 2. The third-order valence-electron chi connectivity index (χ3n) is 4.38. The number of likely N-dealkylation sites (tertiary alicyclic amines) is 1. The molecule has 148 valence electrons. The lowest BCUT2D eigenvalue weighted by Crippen LogP contribution is -2.60. The fourth-order valence-electron chi connectivity index (χ4n) is 3.14. The number of benzene rings is 1. The number of carbonyl (C=O) groups excluding carboxylic acids is 1. The van der Waals surface area contributed by atoms with E-state index in [0.29, 0.717) is 11.4 Å². The lowest BCUT2D eigenvalue weighted by molar-refractivity contribution is -0.0741. The molecule has 3 rings (SSSR count). The Morgan fingerprint density at radius 1 is 1.33 bits per heavy atom. The van der Waals surface area contributed by atoms with E-state index in [9.17, 15) is 22.4 Å². The summed E-state index contributed by atoms with van der Waals surface area (Å²) in [5, 5.41) is 2.22. The summed E-state index contributed by atoms with van der Waals surface area (Å²) in [5.74, 6) is -4.24. The summed E-state index contributed by atoms with van der Waals surface area (Å²) in [6, 6.07) is 0.445.